The van der Waals surface area contributed by atoms with E-state index in [4.69, 9.17) is 16.3 Å². The van der Waals surface area contributed by atoms with E-state index in [2.05, 4.69) is 10.6 Å². The van der Waals surface area contributed by atoms with Crippen molar-refractivity contribution in [2.24, 2.45) is 0 Å². The molecule has 0 aliphatic heterocycles. The molecule has 1 aromatic rings. The Kier molecular flexibility index (Phi) is 6.69. The lowest BCUT2D eigenvalue weighted by atomic mass is 9.93. The van der Waals surface area contributed by atoms with Gasteiger partial charge in [-0.1, -0.05) is 23.7 Å². The van der Waals surface area contributed by atoms with Crippen LogP contribution in [-0.2, 0) is 4.74 Å². The first kappa shape index (κ1) is 18.0. The molecule has 0 heterocycles. The fourth-order valence-electron chi connectivity index (χ4n) is 3.01. The summed E-state index contributed by atoms with van der Waals surface area (Å²) >= 11 is 5.90. The predicted molar refractivity (Wildman–Crippen MR) is 90.6 cm³/mol. The van der Waals surface area contributed by atoms with E-state index in [1.807, 2.05) is 31.2 Å². The van der Waals surface area contributed by atoms with Gasteiger partial charge in [0.2, 0.25) is 0 Å². The number of aliphatic hydroxyl groups is 1. The first-order valence-electron chi connectivity index (χ1n) is 8.03. The number of nitrogens with one attached hydrogen (secondary N) is 2. The summed E-state index contributed by atoms with van der Waals surface area (Å²) in [7, 11) is 1.62. The maximum atomic E-state index is 12.1. The molecule has 2 rings (SSSR count). The Morgan fingerprint density at radius 2 is 1.87 bits per heavy atom. The van der Waals surface area contributed by atoms with E-state index in [-0.39, 0.29) is 30.3 Å². The van der Waals surface area contributed by atoms with Crippen LogP contribution in [0.25, 0.3) is 0 Å². The number of halogens is 1. The van der Waals surface area contributed by atoms with Crippen molar-refractivity contribution in [3.05, 3.63) is 34.9 Å². The van der Waals surface area contributed by atoms with Gasteiger partial charge in [-0.2, -0.15) is 0 Å². The highest BCUT2D eigenvalue weighted by molar-refractivity contribution is 6.30. The molecule has 1 saturated carbocycles. The molecule has 2 amide bonds. The van der Waals surface area contributed by atoms with Crippen molar-refractivity contribution in [2.45, 2.75) is 56.9 Å². The number of benzene rings is 1. The normalized spacial score (nSPS) is 23.8. The highest BCUT2D eigenvalue weighted by Crippen LogP contribution is 2.23. The Morgan fingerprint density at radius 3 is 2.43 bits per heavy atom. The molecule has 3 N–H and O–H groups in total. The van der Waals surface area contributed by atoms with Crippen LogP contribution in [0.5, 0.6) is 0 Å². The van der Waals surface area contributed by atoms with Crippen LogP contribution in [0.3, 0.4) is 0 Å². The van der Waals surface area contributed by atoms with Gasteiger partial charge in [0.1, 0.15) is 6.10 Å². The summed E-state index contributed by atoms with van der Waals surface area (Å²) in [6.07, 6.45) is 2.64. The van der Waals surface area contributed by atoms with Gasteiger partial charge in [-0.15, -0.1) is 0 Å². The second-order valence-corrected chi connectivity index (χ2v) is 6.56. The number of methoxy groups -OCH3 is 1. The van der Waals surface area contributed by atoms with E-state index in [1.165, 1.54) is 0 Å². The summed E-state index contributed by atoms with van der Waals surface area (Å²) in [6, 6.07) is 7.16. The minimum Gasteiger partial charge on any atom is -0.393 e. The smallest absolute Gasteiger partial charge is 0.315 e. The lowest BCUT2D eigenvalue weighted by Crippen LogP contribution is -2.48. The zero-order chi connectivity index (χ0) is 16.8. The molecule has 1 aliphatic carbocycles. The molecule has 128 valence electrons. The third kappa shape index (κ3) is 5.37. The number of carbonyl (C=O) groups excluding carboxylic acids is 1. The molecule has 1 aromatic carbocycles. The molecule has 0 radical (unpaired) electrons. The molecular formula is C17H25ClN2O3. The largest absolute Gasteiger partial charge is 0.393 e. The van der Waals surface area contributed by atoms with Gasteiger partial charge in [0, 0.05) is 18.2 Å². The first-order valence-corrected chi connectivity index (χ1v) is 8.40. The summed E-state index contributed by atoms with van der Waals surface area (Å²) in [5.41, 5.74) is 0.963. The summed E-state index contributed by atoms with van der Waals surface area (Å²) in [4.78, 5) is 12.1. The van der Waals surface area contributed by atoms with E-state index in [0.29, 0.717) is 5.02 Å². The van der Waals surface area contributed by atoms with Crippen molar-refractivity contribution in [3.63, 3.8) is 0 Å². The van der Waals surface area contributed by atoms with E-state index >= 15 is 0 Å². The number of urea groups is 1. The van der Waals surface area contributed by atoms with Crippen LogP contribution in [0.1, 0.15) is 44.3 Å². The summed E-state index contributed by atoms with van der Waals surface area (Å²) in [6.45, 7) is 1.91. The van der Waals surface area contributed by atoms with E-state index in [1.54, 1.807) is 7.11 Å². The molecule has 0 bridgehead atoms. The van der Waals surface area contributed by atoms with Crippen LogP contribution in [0.15, 0.2) is 24.3 Å². The van der Waals surface area contributed by atoms with E-state index in [0.717, 1.165) is 31.2 Å². The molecule has 1 fully saturated rings. The second-order valence-electron chi connectivity index (χ2n) is 6.12. The number of aliphatic hydroxyl groups excluding tert-OH is 1. The van der Waals surface area contributed by atoms with Crippen LogP contribution in [-0.4, -0.2) is 36.4 Å². The third-order valence-corrected chi connectivity index (χ3v) is 4.55. The lowest BCUT2D eigenvalue weighted by molar-refractivity contribution is 0.0755. The molecule has 0 saturated heterocycles. The molecule has 1 aliphatic rings. The Labute approximate surface area is 142 Å². The Hall–Kier alpha value is -1.30. The van der Waals surface area contributed by atoms with E-state index in [9.17, 15) is 9.90 Å². The number of carbonyl (C=O) groups is 1. The number of amides is 2. The fourth-order valence-corrected chi connectivity index (χ4v) is 3.14. The number of hydrogen-bond donors (Lipinski definition) is 3. The van der Waals surface area contributed by atoms with Crippen LogP contribution < -0.4 is 10.6 Å². The maximum Gasteiger partial charge on any atom is 0.315 e. The summed E-state index contributed by atoms with van der Waals surface area (Å²) in [5.74, 6) is 0. The van der Waals surface area contributed by atoms with Crippen LogP contribution in [0.4, 0.5) is 4.79 Å². The van der Waals surface area contributed by atoms with Crippen molar-refractivity contribution in [1.29, 1.82) is 0 Å². The Bertz CT molecular complexity index is 501. The number of hydrogen-bond acceptors (Lipinski definition) is 3. The second kappa shape index (κ2) is 8.52. The van der Waals surface area contributed by atoms with Crippen molar-refractivity contribution in [3.8, 4) is 0 Å². The monoisotopic (exact) mass is 340 g/mol. The number of ether oxygens (including phenoxy) is 1. The predicted octanol–water partition coefficient (Wildman–Crippen LogP) is 3.02. The van der Waals surface area contributed by atoms with Crippen molar-refractivity contribution in [1.82, 2.24) is 10.6 Å². The van der Waals surface area contributed by atoms with Crippen LogP contribution >= 0.6 is 11.6 Å². The maximum absolute atomic E-state index is 12.1. The average Bonchev–Trinajstić information content (AvgIpc) is 2.52. The molecule has 0 aromatic heterocycles. The lowest BCUT2D eigenvalue weighted by Gasteiger charge is -2.28. The Balaban J connectivity index is 1.87. The third-order valence-electron chi connectivity index (χ3n) is 4.30. The summed E-state index contributed by atoms with van der Waals surface area (Å²) in [5, 5.41) is 16.1. The quantitative estimate of drug-likeness (QED) is 0.771. The van der Waals surface area contributed by atoms with Gasteiger partial charge in [-0.05, 0) is 50.3 Å². The van der Waals surface area contributed by atoms with Gasteiger partial charge < -0.3 is 20.5 Å². The molecule has 23 heavy (non-hydrogen) atoms. The van der Waals surface area contributed by atoms with Gasteiger partial charge in [-0.3, -0.25) is 0 Å². The number of rotatable bonds is 5. The molecule has 5 nitrogen and oxygen atoms in total. The summed E-state index contributed by atoms with van der Waals surface area (Å²) < 4.78 is 5.52. The van der Waals surface area contributed by atoms with Gasteiger partial charge in [-0.25, -0.2) is 4.79 Å². The molecule has 0 spiro atoms. The van der Waals surface area contributed by atoms with Crippen LogP contribution in [0.2, 0.25) is 5.02 Å². The van der Waals surface area contributed by atoms with Gasteiger partial charge in [0.25, 0.3) is 0 Å². The van der Waals surface area contributed by atoms with Crippen LogP contribution in [0, 0.1) is 0 Å². The molecule has 2 atom stereocenters. The van der Waals surface area contributed by atoms with Crippen molar-refractivity contribution >= 4 is 17.6 Å². The van der Waals surface area contributed by atoms with E-state index < -0.39 is 0 Å². The minimum atomic E-state index is -0.244. The average molecular weight is 341 g/mol. The topological polar surface area (TPSA) is 70.6 Å². The standard InChI is InChI=1S/C17H25ClN2O3/c1-11(16(23-2)12-3-5-13(18)6-4-12)19-17(22)20-14-7-9-15(21)10-8-14/h3-6,11,14-16,21H,7-10H2,1-2H3,(H2,19,20,22). The highest BCUT2D eigenvalue weighted by atomic mass is 35.5. The molecular weight excluding hydrogens is 316 g/mol. The highest BCUT2D eigenvalue weighted by Gasteiger charge is 2.24. The Morgan fingerprint density at radius 1 is 1.26 bits per heavy atom. The SMILES string of the molecule is COC(c1ccc(Cl)cc1)C(C)NC(=O)NC1CCC(O)CC1. The first-order chi connectivity index (χ1) is 11.0. The van der Waals surface area contributed by atoms with Crippen molar-refractivity contribution < 1.29 is 14.6 Å². The van der Waals surface area contributed by atoms with Gasteiger partial charge in [0.05, 0.1) is 12.1 Å². The zero-order valence-electron chi connectivity index (χ0n) is 13.6. The molecule has 6 heteroatoms. The zero-order valence-corrected chi connectivity index (χ0v) is 14.3. The van der Waals surface area contributed by atoms with Crippen molar-refractivity contribution in [2.75, 3.05) is 7.11 Å². The fraction of sp³-hybridized carbons (Fsp3) is 0.588. The van der Waals surface area contributed by atoms with Gasteiger partial charge >= 0.3 is 6.03 Å². The molecule has 2 unspecified atom stereocenters. The minimum absolute atomic E-state index is 0.127. The van der Waals surface area contributed by atoms with Gasteiger partial charge in [0.15, 0.2) is 0 Å².